The summed E-state index contributed by atoms with van der Waals surface area (Å²) in [5.41, 5.74) is 2.04. The fourth-order valence-corrected chi connectivity index (χ4v) is 5.83. The van der Waals surface area contributed by atoms with Gasteiger partial charge in [0.1, 0.15) is 0 Å². The Hall–Kier alpha value is -1.17. The first-order valence-electron chi connectivity index (χ1n) is 8.85. The number of hydrogen-bond acceptors (Lipinski definition) is 3. The number of sulfonamides is 1. The Balaban J connectivity index is 1.75. The predicted octanol–water partition coefficient (Wildman–Crippen LogP) is 2.94. The van der Waals surface area contributed by atoms with Crippen LogP contribution in [-0.4, -0.2) is 49.3 Å². The van der Waals surface area contributed by atoms with Crippen LogP contribution in [0.4, 0.5) is 0 Å². The van der Waals surface area contributed by atoms with E-state index >= 15 is 0 Å². The van der Waals surface area contributed by atoms with Gasteiger partial charge in [-0.05, 0) is 44.7 Å². The van der Waals surface area contributed by atoms with Crippen LogP contribution in [0.5, 0.6) is 0 Å². The number of benzene rings is 1. The van der Waals surface area contributed by atoms with Gasteiger partial charge in [0.05, 0.1) is 5.75 Å². The zero-order valence-corrected chi connectivity index (χ0v) is 15.4. The van der Waals surface area contributed by atoms with Crippen LogP contribution in [0.25, 0.3) is 0 Å². The Morgan fingerprint density at radius 1 is 1.17 bits per heavy atom. The molecule has 0 aliphatic carbocycles. The molecule has 1 spiro atoms. The average molecular weight is 349 g/mol. The summed E-state index contributed by atoms with van der Waals surface area (Å²) in [4.78, 5) is 2.44. The number of nitrogens with zero attached hydrogens (tertiary/aromatic N) is 2. The van der Waals surface area contributed by atoms with Gasteiger partial charge < -0.3 is 0 Å². The van der Waals surface area contributed by atoms with E-state index in [1.165, 1.54) is 0 Å². The van der Waals surface area contributed by atoms with Crippen molar-refractivity contribution in [3.05, 3.63) is 48.0 Å². The summed E-state index contributed by atoms with van der Waals surface area (Å²) < 4.78 is 27.6. The molecular formula is C19H28N2O2S. The van der Waals surface area contributed by atoms with Gasteiger partial charge in [-0.2, -0.15) is 4.31 Å². The highest BCUT2D eigenvalue weighted by Crippen LogP contribution is 2.38. The van der Waals surface area contributed by atoms with E-state index in [9.17, 15) is 8.42 Å². The lowest BCUT2D eigenvalue weighted by molar-refractivity contribution is 0.0841. The Kier molecular flexibility index (Phi) is 5.13. The average Bonchev–Trinajstić information content (AvgIpc) is 2.92. The molecule has 1 aromatic carbocycles. The molecule has 1 aromatic rings. The summed E-state index contributed by atoms with van der Waals surface area (Å²) >= 11 is 0. The van der Waals surface area contributed by atoms with Gasteiger partial charge in [-0.3, -0.25) is 4.90 Å². The third-order valence-corrected chi connectivity index (χ3v) is 7.27. The van der Waals surface area contributed by atoms with Crippen molar-refractivity contribution in [1.29, 1.82) is 0 Å². The smallest absolute Gasteiger partial charge is 0.218 e. The van der Waals surface area contributed by atoms with Crippen molar-refractivity contribution in [2.75, 3.05) is 26.2 Å². The Morgan fingerprint density at radius 2 is 1.83 bits per heavy atom. The lowest BCUT2D eigenvalue weighted by Gasteiger charge is -2.45. The van der Waals surface area contributed by atoms with Gasteiger partial charge in [0.2, 0.25) is 10.0 Å². The molecule has 0 unspecified atom stereocenters. The fourth-order valence-electron chi connectivity index (χ4n) is 4.19. The molecule has 0 amide bonds. The minimum Gasteiger partial charge on any atom is -0.293 e. The highest BCUT2D eigenvalue weighted by molar-refractivity contribution is 7.88. The second kappa shape index (κ2) is 6.98. The first-order chi connectivity index (χ1) is 11.5. The number of piperidine rings is 1. The second-order valence-electron chi connectivity index (χ2n) is 7.24. The summed E-state index contributed by atoms with van der Waals surface area (Å²) in [6, 6.07) is 7.80. The maximum absolute atomic E-state index is 12.9. The van der Waals surface area contributed by atoms with Crippen LogP contribution in [0.2, 0.25) is 0 Å². The van der Waals surface area contributed by atoms with Gasteiger partial charge in [-0.1, -0.05) is 35.9 Å². The Morgan fingerprint density at radius 3 is 2.50 bits per heavy atom. The van der Waals surface area contributed by atoms with Crippen LogP contribution in [0.1, 0.15) is 36.8 Å². The van der Waals surface area contributed by atoms with Crippen LogP contribution in [-0.2, 0) is 15.8 Å². The maximum atomic E-state index is 12.9. The van der Waals surface area contributed by atoms with E-state index in [-0.39, 0.29) is 11.3 Å². The Labute approximate surface area is 146 Å². The van der Waals surface area contributed by atoms with E-state index in [4.69, 9.17) is 0 Å². The molecule has 2 fully saturated rings. The van der Waals surface area contributed by atoms with Gasteiger partial charge in [0.15, 0.2) is 0 Å². The number of likely N-dealkylation sites (tertiary alicyclic amines) is 1. The van der Waals surface area contributed by atoms with Gasteiger partial charge in [0.25, 0.3) is 0 Å². The van der Waals surface area contributed by atoms with Crippen molar-refractivity contribution in [3.63, 3.8) is 0 Å². The molecule has 132 valence electrons. The molecule has 4 nitrogen and oxygen atoms in total. The highest BCUT2D eigenvalue weighted by Gasteiger charge is 2.45. The van der Waals surface area contributed by atoms with Crippen LogP contribution < -0.4 is 0 Å². The van der Waals surface area contributed by atoms with E-state index in [1.54, 1.807) is 4.31 Å². The van der Waals surface area contributed by atoms with Crippen LogP contribution in [0.15, 0.2) is 36.9 Å². The zero-order chi connectivity index (χ0) is 17.2. The highest BCUT2D eigenvalue weighted by atomic mass is 32.2. The molecule has 0 aromatic heterocycles. The van der Waals surface area contributed by atoms with Crippen LogP contribution in [0.3, 0.4) is 0 Å². The molecule has 24 heavy (non-hydrogen) atoms. The molecule has 0 radical (unpaired) electrons. The zero-order valence-electron chi connectivity index (χ0n) is 14.6. The normalized spacial score (nSPS) is 26.0. The van der Waals surface area contributed by atoms with E-state index in [2.05, 4.69) is 11.5 Å². The van der Waals surface area contributed by atoms with E-state index in [1.807, 2.05) is 37.3 Å². The summed E-state index contributed by atoms with van der Waals surface area (Å²) in [5.74, 6) is 0.102. The molecule has 0 N–H and O–H groups in total. The van der Waals surface area contributed by atoms with Crippen LogP contribution >= 0.6 is 0 Å². The van der Waals surface area contributed by atoms with Gasteiger partial charge >= 0.3 is 0 Å². The van der Waals surface area contributed by atoms with Crippen molar-refractivity contribution in [2.45, 2.75) is 43.9 Å². The lowest BCUT2D eigenvalue weighted by Crippen LogP contribution is -2.56. The first kappa shape index (κ1) is 17.6. The van der Waals surface area contributed by atoms with E-state index < -0.39 is 10.0 Å². The molecule has 3 rings (SSSR count). The standard InChI is InChI=1S/C19H28N2O2S/c1-3-12-20-13-4-10-19(20)11-5-14-21(16-19)24(22,23)15-18-8-6-17(2)7-9-18/h3,6-9H,1,4-5,10-16H2,2H3/t19-/m0/s1. The molecular weight excluding hydrogens is 320 g/mol. The molecule has 0 saturated carbocycles. The lowest BCUT2D eigenvalue weighted by atomic mass is 9.87. The molecule has 1 atom stereocenters. The topological polar surface area (TPSA) is 40.6 Å². The monoisotopic (exact) mass is 348 g/mol. The fraction of sp³-hybridized carbons (Fsp3) is 0.579. The summed E-state index contributed by atoms with van der Waals surface area (Å²) in [6.45, 7) is 9.07. The van der Waals surface area contributed by atoms with Crippen molar-refractivity contribution < 1.29 is 8.42 Å². The molecule has 2 heterocycles. The SMILES string of the molecule is C=CCN1CCC[C@@]12CCCN(S(=O)(=O)Cc1ccc(C)cc1)C2. The Bertz CT molecular complexity index is 684. The molecule has 2 aliphatic heterocycles. The number of rotatable bonds is 5. The van der Waals surface area contributed by atoms with E-state index in [0.717, 1.165) is 49.9 Å². The van der Waals surface area contributed by atoms with Crippen molar-refractivity contribution in [3.8, 4) is 0 Å². The first-order valence-corrected chi connectivity index (χ1v) is 10.5. The number of aryl methyl sites for hydroxylation is 1. The quantitative estimate of drug-likeness (QED) is 0.768. The largest absolute Gasteiger partial charge is 0.293 e. The summed E-state index contributed by atoms with van der Waals surface area (Å²) in [7, 11) is -3.27. The molecule has 2 aliphatic rings. The molecule has 2 saturated heterocycles. The third-order valence-electron chi connectivity index (χ3n) is 5.47. The second-order valence-corrected chi connectivity index (χ2v) is 9.21. The minimum atomic E-state index is -3.27. The third kappa shape index (κ3) is 3.58. The maximum Gasteiger partial charge on any atom is 0.218 e. The van der Waals surface area contributed by atoms with Gasteiger partial charge in [0, 0.05) is 25.2 Å². The molecule has 5 heteroatoms. The van der Waals surface area contributed by atoms with Crippen molar-refractivity contribution in [1.82, 2.24) is 9.21 Å². The predicted molar refractivity (Wildman–Crippen MR) is 98.3 cm³/mol. The van der Waals surface area contributed by atoms with Crippen LogP contribution in [0, 0.1) is 6.92 Å². The van der Waals surface area contributed by atoms with Crippen molar-refractivity contribution >= 4 is 10.0 Å². The van der Waals surface area contributed by atoms with E-state index in [0.29, 0.717) is 13.1 Å². The molecule has 0 bridgehead atoms. The van der Waals surface area contributed by atoms with Gasteiger partial charge in [-0.15, -0.1) is 6.58 Å². The van der Waals surface area contributed by atoms with Crippen molar-refractivity contribution in [2.24, 2.45) is 0 Å². The summed E-state index contributed by atoms with van der Waals surface area (Å²) in [5, 5.41) is 0. The minimum absolute atomic E-state index is 0.0206. The summed E-state index contributed by atoms with van der Waals surface area (Å²) in [6.07, 6.45) is 6.22. The number of hydrogen-bond donors (Lipinski definition) is 0. The van der Waals surface area contributed by atoms with Gasteiger partial charge in [-0.25, -0.2) is 8.42 Å².